The van der Waals surface area contributed by atoms with Crippen molar-refractivity contribution in [2.45, 2.75) is 13.3 Å². The van der Waals surface area contributed by atoms with Gasteiger partial charge in [-0.2, -0.15) is 0 Å². The van der Waals surface area contributed by atoms with Crippen LogP contribution in [0.1, 0.15) is 13.3 Å². The number of nitrogens with two attached hydrogens (primary N) is 1. The topological polar surface area (TPSA) is 118 Å². The minimum absolute atomic E-state index is 0.0629. The Labute approximate surface area is 105 Å². The molecule has 0 unspecified atom stereocenters. The Bertz CT molecular complexity index is 412. The van der Waals surface area contributed by atoms with Crippen LogP contribution >= 0.6 is 0 Å². The highest BCUT2D eigenvalue weighted by atomic mass is 16.6. The monoisotopic (exact) mass is 255 g/mol. The molecule has 1 heterocycles. The van der Waals surface area contributed by atoms with E-state index in [4.69, 9.17) is 10.9 Å². The van der Waals surface area contributed by atoms with Crippen LogP contribution in [0.4, 0.5) is 17.3 Å². The van der Waals surface area contributed by atoms with Gasteiger partial charge in [-0.3, -0.25) is 10.1 Å². The van der Waals surface area contributed by atoms with Gasteiger partial charge in [-0.15, -0.1) is 0 Å². The molecular formula is C10H17N5O3. The summed E-state index contributed by atoms with van der Waals surface area (Å²) in [4.78, 5) is 16.3. The van der Waals surface area contributed by atoms with Gasteiger partial charge in [0.05, 0.1) is 17.1 Å². The van der Waals surface area contributed by atoms with E-state index in [1.807, 2.05) is 11.8 Å². The van der Waals surface area contributed by atoms with Gasteiger partial charge in [-0.1, -0.05) is 0 Å². The van der Waals surface area contributed by atoms with Crippen LogP contribution in [0.25, 0.3) is 0 Å². The van der Waals surface area contributed by atoms with E-state index in [1.54, 1.807) is 0 Å². The number of pyridine rings is 1. The maximum atomic E-state index is 10.8. The van der Waals surface area contributed by atoms with E-state index in [9.17, 15) is 10.1 Å². The molecule has 0 saturated carbocycles. The summed E-state index contributed by atoms with van der Waals surface area (Å²) in [5, 5.41) is 19.6. The quantitative estimate of drug-likeness (QED) is 0.368. The molecule has 0 fully saturated rings. The largest absolute Gasteiger partial charge is 0.396 e. The number of aliphatic hydroxyl groups is 1. The van der Waals surface area contributed by atoms with Crippen molar-refractivity contribution in [1.29, 1.82) is 0 Å². The molecule has 0 aromatic carbocycles. The second-order valence-corrected chi connectivity index (χ2v) is 3.63. The van der Waals surface area contributed by atoms with E-state index < -0.39 is 4.92 Å². The Kier molecular flexibility index (Phi) is 5.28. The summed E-state index contributed by atoms with van der Waals surface area (Å²) in [6, 6.07) is 2.66. The number of nitrogens with one attached hydrogen (secondary N) is 1. The maximum Gasteiger partial charge on any atom is 0.276 e. The summed E-state index contributed by atoms with van der Waals surface area (Å²) in [5.74, 6) is 5.94. The van der Waals surface area contributed by atoms with Crippen molar-refractivity contribution < 1.29 is 10.0 Å². The van der Waals surface area contributed by atoms with E-state index >= 15 is 0 Å². The smallest absolute Gasteiger partial charge is 0.276 e. The number of nitro groups is 1. The highest BCUT2D eigenvalue weighted by molar-refractivity contribution is 5.55. The second kappa shape index (κ2) is 6.72. The molecule has 8 heteroatoms. The molecule has 0 radical (unpaired) electrons. The standard InChI is InChI=1S/C10H17N5O3/c1-2-14(4-3-5-16)10-7-8(15(17)18)6-9(12-10)13-11/h6-7,16H,2-5,11H2,1H3,(H,12,13). The normalized spacial score (nSPS) is 10.2. The lowest BCUT2D eigenvalue weighted by Crippen LogP contribution is -2.26. The Morgan fingerprint density at radius 3 is 2.83 bits per heavy atom. The molecule has 0 aliphatic carbocycles. The summed E-state index contributed by atoms with van der Waals surface area (Å²) < 4.78 is 0. The van der Waals surface area contributed by atoms with Crippen molar-refractivity contribution in [2.75, 3.05) is 30.0 Å². The van der Waals surface area contributed by atoms with Crippen LogP contribution in [0.15, 0.2) is 12.1 Å². The number of anilines is 2. The molecule has 1 aromatic heterocycles. The number of nitrogen functional groups attached to an aromatic ring is 1. The Morgan fingerprint density at radius 1 is 1.61 bits per heavy atom. The number of hydrogen-bond acceptors (Lipinski definition) is 7. The second-order valence-electron chi connectivity index (χ2n) is 3.63. The van der Waals surface area contributed by atoms with Crippen LogP contribution < -0.4 is 16.2 Å². The van der Waals surface area contributed by atoms with Crippen LogP contribution in [0.5, 0.6) is 0 Å². The first kappa shape index (κ1) is 14.1. The van der Waals surface area contributed by atoms with Crippen molar-refractivity contribution in [2.24, 2.45) is 5.84 Å². The van der Waals surface area contributed by atoms with E-state index in [2.05, 4.69) is 10.4 Å². The Morgan fingerprint density at radius 2 is 2.33 bits per heavy atom. The number of aromatic nitrogens is 1. The number of hydrazine groups is 1. The summed E-state index contributed by atoms with van der Waals surface area (Å²) in [6.45, 7) is 3.18. The summed E-state index contributed by atoms with van der Waals surface area (Å²) in [5.41, 5.74) is 2.23. The van der Waals surface area contributed by atoms with Crippen molar-refractivity contribution in [3.8, 4) is 0 Å². The van der Waals surface area contributed by atoms with Crippen LogP contribution in [0, 0.1) is 10.1 Å². The number of aliphatic hydroxyl groups excluding tert-OH is 1. The van der Waals surface area contributed by atoms with Gasteiger partial charge in [0.15, 0.2) is 0 Å². The van der Waals surface area contributed by atoms with Crippen molar-refractivity contribution in [3.63, 3.8) is 0 Å². The molecule has 100 valence electrons. The molecule has 0 bridgehead atoms. The van der Waals surface area contributed by atoms with E-state index in [1.165, 1.54) is 12.1 Å². The average Bonchev–Trinajstić information content (AvgIpc) is 2.39. The summed E-state index contributed by atoms with van der Waals surface area (Å²) in [7, 11) is 0. The zero-order valence-corrected chi connectivity index (χ0v) is 10.2. The van der Waals surface area contributed by atoms with Gasteiger partial charge in [0, 0.05) is 19.7 Å². The van der Waals surface area contributed by atoms with Crippen molar-refractivity contribution in [1.82, 2.24) is 4.98 Å². The fourth-order valence-corrected chi connectivity index (χ4v) is 1.54. The van der Waals surface area contributed by atoms with Crippen LogP contribution in [-0.4, -0.2) is 34.7 Å². The highest BCUT2D eigenvalue weighted by Gasteiger charge is 2.14. The van der Waals surface area contributed by atoms with Crippen LogP contribution in [0.3, 0.4) is 0 Å². The zero-order valence-electron chi connectivity index (χ0n) is 10.2. The van der Waals surface area contributed by atoms with Gasteiger partial charge < -0.3 is 15.4 Å². The maximum absolute atomic E-state index is 10.8. The molecule has 0 aliphatic rings. The first-order valence-corrected chi connectivity index (χ1v) is 5.61. The molecule has 8 nitrogen and oxygen atoms in total. The molecule has 1 aromatic rings. The summed E-state index contributed by atoms with van der Waals surface area (Å²) in [6.07, 6.45) is 0.573. The first-order chi connectivity index (χ1) is 8.62. The third kappa shape index (κ3) is 3.54. The number of nitrogens with zero attached hydrogens (tertiary/aromatic N) is 3. The molecule has 0 spiro atoms. The third-order valence-electron chi connectivity index (χ3n) is 2.45. The van der Waals surface area contributed by atoms with E-state index in [0.29, 0.717) is 25.3 Å². The van der Waals surface area contributed by atoms with Gasteiger partial charge in [0.25, 0.3) is 5.69 Å². The number of rotatable bonds is 7. The molecule has 0 aliphatic heterocycles. The minimum atomic E-state index is -0.494. The van der Waals surface area contributed by atoms with Gasteiger partial charge in [0.2, 0.25) is 0 Å². The van der Waals surface area contributed by atoms with Crippen molar-refractivity contribution in [3.05, 3.63) is 22.2 Å². The predicted octanol–water partition coefficient (Wildman–Crippen LogP) is 0.484. The van der Waals surface area contributed by atoms with E-state index in [0.717, 1.165) is 0 Å². The van der Waals surface area contributed by atoms with Crippen molar-refractivity contribution >= 4 is 17.3 Å². The molecule has 0 atom stereocenters. The fraction of sp³-hybridized carbons (Fsp3) is 0.500. The molecule has 1 rings (SSSR count). The zero-order chi connectivity index (χ0) is 13.5. The molecular weight excluding hydrogens is 238 g/mol. The summed E-state index contributed by atoms with van der Waals surface area (Å²) >= 11 is 0. The SMILES string of the molecule is CCN(CCCO)c1cc([N+](=O)[O-])cc(NN)n1. The number of hydrogen-bond donors (Lipinski definition) is 3. The Balaban J connectivity index is 3.04. The highest BCUT2D eigenvalue weighted by Crippen LogP contribution is 2.22. The Hall–Kier alpha value is -1.93. The van der Waals surface area contributed by atoms with E-state index in [-0.39, 0.29) is 18.1 Å². The molecule has 0 saturated heterocycles. The van der Waals surface area contributed by atoms with Crippen LogP contribution in [-0.2, 0) is 0 Å². The fourth-order valence-electron chi connectivity index (χ4n) is 1.54. The van der Waals surface area contributed by atoms with Gasteiger partial charge in [-0.05, 0) is 13.3 Å². The lowest BCUT2D eigenvalue weighted by Gasteiger charge is -2.21. The minimum Gasteiger partial charge on any atom is -0.396 e. The molecule has 0 amide bonds. The lowest BCUT2D eigenvalue weighted by molar-refractivity contribution is -0.384. The van der Waals surface area contributed by atoms with Gasteiger partial charge >= 0.3 is 0 Å². The first-order valence-electron chi connectivity index (χ1n) is 5.61. The predicted molar refractivity (Wildman–Crippen MR) is 68.3 cm³/mol. The third-order valence-corrected chi connectivity index (χ3v) is 2.45. The average molecular weight is 255 g/mol. The van der Waals surface area contributed by atoms with Gasteiger partial charge in [-0.25, -0.2) is 10.8 Å². The lowest BCUT2D eigenvalue weighted by atomic mass is 10.3. The molecule has 4 N–H and O–H groups in total. The van der Waals surface area contributed by atoms with Gasteiger partial charge in [0.1, 0.15) is 11.6 Å². The molecule has 18 heavy (non-hydrogen) atoms. The van der Waals surface area contributed by atoms with Crippen LogP contribution in [0.2, 0.25) is 0 Å².